The van der Waals surface area contributed by atoms with Crippen LogP contribution >= 0.6 is 23.1 Å². The lowest BCUT2D eigenvalue weighted by Gasteiger charge is -2.20. The fourth-order valence-corrected chi connectivity index (χ4v) is 3.28. The molecule has 4 nitrogen and oxygen atoms in total. The second-order valence-corrected chi connectivity index (χ2v) is 6.73. The predicted molar refractivity (Wildman–Crippen MR) is 73.1 cm³/mol. The number of rotatable bonds is 4. The van der Waals surface area contributed by atoms with Gasteiger partial charge in [-0.25, -0.2) is 0 Å². The minimum Gasteiger partial charge on any atom is -0.353 e. The number of aliphatic hydroxyl groups is 2. The van der Waals surface area contributed by atoms with Crippen LogP contribution in [0.1, 0.15) is 16.1 Å². The fraction of sp³-hybridized carbons (Fsp3) is 0.333. The largest absolute Gasteiger partial charge is 0.450 e. The average Bonchev–Trinajstić information content (AvgIpc) is 2.93. The maximum absolute atomic E-state index is 12.5. The van der Waals surface area contributed by atoms with Gasteiger partial charge in [0.2, 0.25) is 0 Å². The van der Waals surface area contributed by atoms with E-state index in [2.05, 4.69) is 10.2 Å². The summed E-state index contributed by atoms with van der Waals surface area (Å²) in [7, 11) is 0. The Kier molecular flexibility index (Phi) is 5.14. The summed E-state index contributed by atoms with van der Waals surface area (Å²) in [5, 5.41) is 23.6. The second-order valence-electron chi connectivity index (χ2n) is 4.53. The first kappa shape index (κ1) is 19.0. The molecule has 0 fully saturated rings. The average molecular weight is 390 g/mol. The molecule has 1 aromatic carbocycles. The Morgan fingerprint density at radius 3 is 2.04 bits per heavy atom. The highest BCUT2D eigenvalue weighted by Crippen LogP contribution is 2.39. The Balaban J connectivity index is 2.04. The monoisotopic (exact) mass is 390 g/mol. The van der Waals surface area contributed by atoms with Crippen LogP contribution < -0.4 is 0 Å². The zero-order valence-corrected chi connectivity index (χ0v) is 13.0. The highest BCUT2D eigenvalue weighted by atomic mass is 32.2. The SMILES string of the molecule is OC(O)(c1nnc(SCc2ccc(C(F)(F)F)cc2)s1)C(F)(F)F. The van der Waals surface area contributed by atoms with Gasteiger partial charge in [0.05, 0.1) is 5.56 Å². The molecule has 2 N–H and O–H groups in total. The van der Waals surface area contributed by atoms with Gasteiger partial charge in [-0.2, -0.15) is 26.3 Å². The highest BCUT2D eigenvalue weighted by Gasteiger charge is 2.57. The number of benzene rings is 1. The molecule has 0 spiro atoms. The molecule has 1 heterocycles. The van der Waals surface area contributed by atoms with Crippen molar-refractivity contribution in [3.05, 3.63) is 40.4 Å². The van der Waals surface area contributed by atoms with Gasteiger partial charge in [-0.05, 0) is 17.7 Å². The van der Waals surface area contributed by atoms with E-state index in [0.29, 0.717) is 16.9 Å². The van der Waals surface area contributed by atoms with Crippen molar-refractivity contribution in [3.8, 4) is 0 Å². The summed E-state index contributed by atoms with van der Waals surface area (Å²) >= 11 is 1.24. The molecule has 1 aromatic heterocycles. The normalized spacial score (nSPS) is 13.3. The minimum atomic E-state index is -5.33. The summed E-state index contributed by atoms with van der Waals surface area (Å²) in [5.74, 6) is -3.97. The molecule has 0 bridgehead atoms. The summed E-state index contributed by atoms with van der Waals surface area (Å²) in [6, 6.07) is 4.24. The van der Waals surface area contributed by atoms with Crippen LogP contribution in [0.2, 0.25) is 0 Å². The third-order valence-electron chi connectivity index (χ3n) is 2.74. The van der Waals surface area contributed by atoms with Crippen LogP contribution in [-0.4, -0.2) is 26.6 Å². The first-order valence-electron chi connectivity index (χ1n) is 6.05. The summed E-state index contributed by atoms with van der Waals surface area (Å²) in [4.78, 5) is 0. The number of alkyl halides is 6. The van der Waals surface area contributed by atoms with E-state index in [1.54, 1.807) is 0 Å². The number of nitrogens with zero attached hydrogens (tertiary/aromatic N) is 2. The van der Waals surface area contributed by atoms with Gasteiger partial charge in [0.15, 0.2) is 9.35 Å². The zero-order valence-electron chi connectivity index (χ0n) is 11.4. The molecule has 0 amide bonds. The van der Waals surface area contributed by atoms with E-state index in [9.17, 15) is 26.3 Å². The molecule has 0 saturated carbocycles. The van der Waals surface area contributed by atoms with Gasteiger partial charge in [-0.15, -0.1) is 10.2 Å². The van der Waals surface area contributed by atoms with Gasteiger partial charge in [0, 0.05) is 5.75 Å². The molecule has 0 aliphatic heterocycles. The smallest absolute Gasteiger partial charge is 0.353 e. The van der Waals surface area contributed by atoms with E-state index in [-0.39, 0.29) is 10.1 Å². The van der Waals surface area contributed by atoms with Crippen LogP contribution in [0.5, 0.6) is 0 Å². The molecule has 0 aliphatic rings. The molecular weight excluding hydrogens is 382 g/mol. The summed E-state index contributed by atoms with van der Waals surface area (Å²) in [5.41, 5.74) is -0.329. The van der Waals surface area contributed by atoms with Crippen LogP contribution in [0, 0.1) is 0 Å². The quantitative estimate of drug-likeness (QED) is 0.475. The molecule has 2 aromatic rings. The molecule has 12 heteroatoms. The molecule has 0 aliphatic carbocycles. The van der Waals surface area contributed by atoms with Crippen LogP contribution in [0.25, 0.3) is 0 Å². The van der Waals surface area contributed by atoms with E-state index in [1.165, 1.54) is 12.1 Å². The number of hydrogen-bond donors (Lipinski definition) is 2. The van der Waals surface area contributed by atoms with Gasteiger partial charge >= 0.3 is 18.1 Å². The van der Waals surface area contributed by atoms with E-state index >= 15 is 0 Å². The van der Waals surface area contributed by atoms with Gasteiger partial charge < -0.3 is 10.2 Å². The lowest BCUT2D eigenvalue weighted by molar-refractivity contribution is -0.358. The van der Waals surface area contributed by atoms with Gasteiger partial charge in [-0.1, -0.05) is 35.2 Å². The van der Waals surface area contributed by atoms with Crippen molar-refractivity contribution in [3.63, 3.8) is 0 Å². The molecule has 0 saturated heterocycles. The minimum absolute atomic E-state index is 0.0154. The Labute approximate surface area is 139 Å². The number of halogens is 6. The second kappa shape index (κ2) is 6.50. The Morgan fingerprint density at radius 2 is 1.54 bits per heavy atom. The molecule has 24 heavy (non-hydrogen) atoms. The molecule has 0 atom stereocenters. The third kappa shape index (κ3) is 4.18. The fourth-order valence-electron chi connectivity index (χ4n) is 1.47. The Morgan fingerprint density at radius 1 is 0.958 bits per heavy atom. The lowest BCUT2D eigenvalue weighted by Crippen LogP contribution is -2.41. The summed E-state index contributed by atoms with van der Waals surface area (Å²) < 4.78 is 74.6. The third-order valence-corrected chi connectivity index (χ3v) is 4.97. The van der Waals surface area contributed by atoms with Crippen molar-refractivity contribution in [2.45, 2.75) is 28.2 Å². The first-order valence-corrected chi connectivity index (χ1v) is 7.86. The van der Waals surface area contributed by atoms with E-state index < -0.39 is 28.7 Å². The van der Waals surface area contributed by atoms with Crippen LogP contribution in [-0.2, 0) is 17.7 Å². The lowest BCUT2D eigenvalue weighted by atomic mass is 10.1. The zero-order chi connectivity index (χ0) is 18.2. The summed E-state index contributed by atoms with van der Waals surface area (Å²) in [6.45, 7) is 0. The Hall–Kier alpha value is -1.37. The van der Waals surface area contributed by atoms with Gasteiger partial charge in [0.25, 0.3) is 0 Å². The van der Waals surface area contributed by atoms with Crippen molar-refractivity contribution in [1.82, 2.24) is 10.2 Å². The van der Waals surface area contributed by atoms with Crippen molar-refractivity contribution < 1.29 is 36.6 Å². The van der Waals surface area contributed by atoms with Crippen LogP contribution in [0.3, 0.4) is 0 Å². The van der Waals surface area contributed by atoms with Crippen molar-refractivity contribution in [2.75, 3.05) is 0 Å². The maximum atomic E-state index is 12.5. The molecule has 0 radical (unpaired) electrons. The van der Waals surface area contributed by atoms with Crippen LogP contribution in [0.15, 0.2) is 28.6 Å². The van der Waals surface area contributed by atoms with Crippen molar-refractivity contribution >= 4 is 23.1 Å². The standard InChI is InChI=1S/C12H8F6N2O2S2/c13-11(14,15)7-3-1-6(2-4-7)5-23-9-20-19-8(24-9)10(21,22)12(16,17)18/h1-4,21-22H,5H2. The number of hydrogen-bond acceptors (Lipinski definition) is 6. The number of aromatic nitrogens is 2. The molecule has 2 rings (SSSR count). The van der Waals surface area contributed by atoms with Gasteiger partial charge in [0.1, 0.15) is 0 Å². The van der Waals surface area contributed by atoms with E-state index in [4.69, 9.17) is 10.2 Å². The Bertz CT molecular complexity index is 697. The van der Waals surface area contributed by atoms with Crippen LogP contribution in [0.4, 0.5) is 26.3 Å². The maximum Gasteiger partial charge on any atom is 0.450 e. The molecule has 0 unspecified atom stereocenters. The summed E-state index contributed by atoms with van der Waals surface area (Å²) in [6.07, 6.45) is -9.79. The highest BCUT2D eigenvalue weighted by molar-refractivity contribution is 8.00. The topological polar surface area (TPSA) is 66.2 Å². The van der Waals surface area contributed by atoms with E-state index in [0.717, 1.165) is 23.9 Å². The predicted octanol–water partition coefficient (Wildman–Crippen LogP) is 3.55. The van der Waals surface area contributed by atoms with Crippen molar-refractivity contribution in [2.24, 2.45) is 0 Å². The van der Waals surface area contributed by atoms with E-state index in [1.807, 2.05) is 0 Å². The first-order chi connectivity index (χ1) is 10.9. The van der Waals surface area contributed by atoms with Gasteiger partial charge in [-0.3, -0.25) is 0 Å². The number of thioether (sulfide) groups is 1. The molecular formula is C12H8F6N2O2S2. The molecule has 132 valence electrons. The van der Waals surface area contributed by atoms with Crippen molar-refractivity contribution in [1.29, 1.82) is 0 Å².